The molecular formula is C22H13Cl2NO4S. The Bertz CT molecular complexity index is 1310. The number of benzene rings is 3. The maximum Gasteiger partial charge on any atom is 0.216 e. The fourth-order valence-corrected chi connectivity index (χ4v) is 4.70. The van der Waals surface area contributed by atoms with Gasteiger partial charge in [0.25, 0.3) is 0 Å². The van der Waals surface area contributed by atoms with Crippen LogP contribution in [0, 0.1) is 0 Å². The van der Waals surface area contributed by atoms with E-state index in [1.807, 2.05) is 0 Å². The highest BCUT2D eigenvalue weighted by Gasteiger charge is 2.34. The van der Waals surface area contributed by atoms with Crippen molar-refractivity contribution in [3.8, 4) is 11.3 Å². The molecule has 0 saturated heterocycles. The Labute approximate surface area is 182 Å². The van der Waals surface area contributed by atoms with Crippen molar-refractivity contribution in [2.24, 2.45) is 0 Å². The first kappa shape index (κ1) is 20.3. The molecule has 30 heavy (non-hydrogen) atoms. The molecule has 1 aromatic heterocycles. The maximum absolute atomic E-state index is 13.5. The molecule has 4 rings (SSSR count). The van der Waals surface area contributed by atoms with Gasteiger partial charge in [0.2, 0.25) is 15.6 Å². The van der Waals surface area contributed by atoms with Crippen LogP contribution in [0.4, 0.5) is 0 Å². The molecule has 5 nitrogen and oxygen atoms in total. The molecule has 150 valence electrons. The van der Waals surface area contributed by atoms with E-state index in [0.717, 1.165) is 0 Å². The lowest BCUT2D eigenvalue weighted by atomic mass is 10.1. The summed E-state index contributed by atoms with van der Waals surface area (Å²) in [5.41, 5.74) is 0.363. The average molecular weight is 458 g/mol. The predicted molar refractivity (Wildman–Crippen MR) is 114 cm³/mol. The molecule has 1 heterocycles. The Morgan fingerprint density at radius 3 is 1.97 bits per heavy atom. The van der Waals surface area contributed by atoms with Gasteiger partial charge in [0.15, 0.2) is 16.3 Å². The van der Waals surface area contributed by atoms with Crippen molar-refractivity contribution in [1.82, 2.24) is 5.16 Å². The van der Waals surface area contributed by atoms with Crippen molar-refractivity contribution in [2.45, 2.75) is 9.79 Å². The Morgan fingerprint density at radius 2 is 1.37 bits per heavy atom. The first-order valence-corrected chi connectivity index (χ1v) is 11.0. The number of hydrogen-bond acceptors (Lipinski definition) is 5. The average Bonchev–Trinajstić information content (AvgIpc) is 3.21. The van der Waals surface area contributed by atoms with Crippen molar-refractivity contribution in [3.05, 3.63) is 100 Å². The van der Waals surface area contributed by atoms with Gasteiger partial charge in [0.05, 0.1) is 4.90 Å². The molecule has 0 fully saturated rings. The van der Waals surface area contributed by atoms with E-state index in [2.05, 4.69) is 5.16 Å². The molecule has 3 aromatic carbocycles. The minimum Gasteiger partial charge on any atom is -0.354 e. The van der Waals surface area contributed by atoms with Crippen molar-refractivity contribution < 1.29 is 17.7 Å². The molecule has 0 radical (unpaired) electrons. The van der Waals surface area contributed by atoms with Gasteiger partial charge in [-0.1, -0.05) is 46.6 Å². The summed E-state index contributed by atoms with van der Waals surface area (Å²) in [5, 5.41) is 4.76. The summed E-state index contributed by atoms with van der Waals surface area (Å²) in [6.45, 7) is 0. The number of rotatable bonds is 5. The van der Waals surface area contributed by atoms with E-state index < -0.39 is 15.6 Å². The number of halogens is 2. The maximum atomic E-state index is 13.5. The summed E-state index contributed by atoms with van der Waals surface area (Å²) in [7, 11) is -4.11. The Balaban J connectivity index is 1.94. The summed E-state index contributed by atoms with van der Waals surface area (Å²) >= 11 is 11.8. The van der Waals surface area contributed by atoms with Crippen LogP contribution >= 0.6 is 23.2 Å². The minimum absolute atomic E-state index is 0.0218. The first-order chi connectivity index (χ1) is 14.4. The van der Waals surface area contributed by atoms with Gasteiger partial charge in [-0.2, -0.15) is 0 Å². The third-order valence-corrected chi connectivity index (χ3v) is 6.71. The summed E-state index contributed by atoms with van der Waals surface area (Å²) < 4.78 is 32.3. The molecule has 0 spiro atoms. The normalized spacial score (nSPS) is 11.4. The molecule has 8 heteroatoms. The lowest BCUT2D eigenvalue weighted by molar-refractivity contribution is 0.102. The highest BCUT2D eigenvalue weighted by Crippen LogP contribution is 2.35. The molecule has 0 bridgehead atoms. The molecule has 0 N–H and O–H groups in total. The van der Waals surface area contributed by atoms with Gasteiger partial charge in [-0.15, -0.1) is 0 Å². The van der Waals surface area contributed by atoms with Gasteiger partial charge in [0.1, 0.15) is 0 Å². The monoisotopic (exact) mass is 457 g/mol. The number of carbonyl (C=O) groups is 1. The van der Waals surface area contributed by atoms with Crippen LogP contribution in [0.5, 0.6) is 0 Å². The minimum atomic E-state index is -4.11. The highest BCUT2D eigenvalue weighted by molar-refractivity contribution is 7.91. The van der Waals surface area contributed by atoms with Crippen LogP contribution in [-0.4, -0.2) is 19.4 Å². The topological polar surface area (TPSA) is 77.2 Å². The number of ketones is 1. The van der Waals surface area contributed by atoms with Gasteiger partial charge >= 0.3 is 0 Å². The van der Waals surface area contributed by atoms with Crippen LogP contribution in [0.2, 0.25) is 10.0 Å². The molecular weight excluding hydrogens is 445 g/mol. The molecule has 4 aromatic rings. The highest BCUT2D eigenvalue weighted by atomic mass is 35.5. The zero-order valence-electron chi connectivity index (χ0n) is 15.2. The molecule has 0 amide bonds. The van der Waals surface area contributed by atoms with Crippen LogP contribution in [-0.2, 0) is 9.84 Å². The lowest BCUT2D eigenvalue weighted by Crippen LogP contribution is -2.11. The molecule has 0 aliphatic rings. The van der Waals surface area contributed by atoms with Crippen LogP contribution in [0.1, 0.15) is 16.1 Å². The zero-order chi connectivity index (χ0) is 21.3. The van der Waals surface area contributed by atoms with E-state index in [0.29, 0.717) is 15.6 Å². The second-order valence-electron chi connectivity index (χ2n) is 6.35. The second kappa shape index (κ2) is 8.07. The van der Waals surface area contributed by atoms with E-state index in [-0.39, 0.29) is 26.8 Å². The first-order valence-electron chi connectivity index (χ1n) is 8.74. The number of aromatic nitrogens is 1. The number of carbonyl (C=O) groups excluding carboxylic acids is 1. The van der Waals surface area contributed by atoms with Crippen LogP contribution in [0.3, 0.4) is 0 Å². The molecule has 0 aliphatic heterocycles. The SMILES string of the molecule is O=C(c1ccc(Cl)cc1)c1noc(-c2ccc(Cl)cc2)c1S(=O)(=O)c1ccccc1. The molecule has 0 unspecified atom stereocenters. The fraction of sp³-hybridized carbons (Fsp3) is 0. The van der Waals surface area contributed by atoms with Gasteiger partial charge in [0, 0.05) is 21.2 Å². The summed E-state index contributed by atoms with van der Waals surface area (Å²) in [6, 6.07) is 20.3. The molecule has 0 saturated carbocycles. The van der Waals surface area contributed by atoms with Crippen LogP contribution < -0.4 is 0 Å². The number of sulfone groups is 1. The van der Waals surface area contributed by atoms with E-state index >= 15 is 0 Å². The fourth-order valence-electron chi connectivity index (χ4n) is 2.92. The smallest absolute Gasteiger partial charge is 0.216 e. The standard InChI is InChI=1S/C22H13Cl2NO4S/c23-16-10-6-14(7-11-16)20(26)19-22(30(27,28)18-4-2-1-3-5-18)21(29-25-19)15-8-12-17(24)13-9-15/h1-13H. The van der Waals surface area contributed by atoms with Gasteiger partial charge in [-0.05, 0) is 60.7 Å². The summed E-state index contributed by atoms with van der Waals surface area (Å²) in [5.74, 6) is -0.627. The number of hydrogen-bond donors (Lipinski definition) is 0. The van der Waals surface area contributed by atoms with Crippen molar-refractivity contribution in [3.63, 3.8) is 0 Å². The Kier molecular flexibility index (Phi) is 5.47. The second-order valence-corrected chi connectivity index (χ2v) is 9.11. The van der Waals surface area contributed by atoms with Gasteiger partial charge in [-0.25, -0.2) is 8.42 Å². The third kappa shape index (κ3) is 3.77. The van der Waals surface area contributed by atoms with Gasteiger partial charge < -0.3 is 4.52 Å². The lowest BCUT2D eigenvalue weighted by Gasteiger charge is -2.07. The Hall–Kier alpha value is -2.93. The Morgan fingerprint density at radius 1 is 0.800 bits per heavy atom. The van der Waals surface area contributed by atoms with Crippen molar-refractivity contribution in [1.29, 1.82) is 0 Å². The van der Waals surface area contributed by atoms with Crippen LogP contribution in [0.15, 0.2) is 93.2 Å². The van der Waals surface area contributed by atoms with E-state index in [9.17, 15) is 13.2 Å². The van der Waals surface area contributed by atoms with Crippen molar-refractivity contribution >= 4 is 38.8 Å². The molecule has 0 aliphatic carbocycles. The predicted octanol–water partition coefficient (Wildman–Crippen LogP) is 5.71. The molecule has 0 atom stereocenters. The van der Waals surface area contributed by atoms with Gasteiger partial charge in [-0.3, -0.25) is 4.79 Å². The zero-order valence-corrected chi connectivity index (χ0v) is 17.6. The van der Waals surface area contributed by atoms with E-state index in [1.54, 1.807) is 54.6 Å². The third-order valence-electron chi connectivity index (χ3n) is 4.40. The van der Waals surface area contributed by atoms with E-state index in [1.165, 1.54) is 24.3 Å². The van der Waals surface area contributed by atoms with E-state index in [4.69, 9.17) is 27.7 Å². The largest absolute Gasteiger partial charge is 0.354 e. The number of nitrogens with zero attached hydrogens (tertiary/aromatic N) is 1. The quantitative estimate of drug-likeness (QED) is 0.358. The van der Waals surface area contributed by atoms with Crippen LogP contribution in [0.25, 0.3) is 11.3 Å². The van der Waals surface area contributed by atoms with Crippen molar-refractivity contribution in [2.75, 3.05) is 0 Å². The summed E-state index contributed by atoms with van der Waals surface area (Å²) in [6.07, 6.45) is 0. The summed E-state index contributed by atoms with van der Waals surface area (Å²) in [4.78, 5) is 12.8.